The first-order valence-electron chi connectivity index (χ1n) is 6.35. The Morgan fingerprint density at radius 1 is 1.50 bits per heavy atom. The largest absolute Gasteiger partial charge is 0.508 e. The van der Waals surface area contributed by atoms with E-state index in [0.29, 0.717) is 29.3 Å². The van der Waals surface area contributed by atoms with Crippen LogP contribution < -0.4 is 10.6 Å². The van der Waals surface area contributed by atoms with Crippen LogP contribution in [0.25, 0.3) is 0 Å². The minimum Gasteiger partial charge on any atom is -0.508 e. The molecule has 0 aliphatic rings. The molecule has 0 bridgehead atoms. The maximum atomic E-state index is 12.6. The van der Waals surface area contributed by atoms with Crippen molar-refractivity contribution in [1.29, 1.82) is 0 Å². The number of aromatic nitrogens is 2. The third-order valence-electron chi connectivity index (χ3n) is 3.20. The molecule has 0 aliphatic heterocycles. The third-order valence-corrected chi connectivity index (χ3v) is 3.20. The number of anilines is 2. The molecule has 0 aliphatic carbocycles. The van der Waals surface area contributed by atoms with E-state index in [1.54, 1.807) is 36.9 Å². The number of carbonyl (C=O) groups excluding carboxylic acids is 1. The highest BCUT2D eigenvalue weighted by Gasteiger charge is 2.23. The van der Waals surface area contributed by atoms with E-state index in [9.17, 15) is 9.90 Å². The second kappa shape index (κ2) is 5.24. The second-order valence-electron chi connectivity index (χ2n) is 4.55. The summed E-state index contributed by atoms with van der Waals surface area (Å²) in [4.78, 5) is 14.0. The van der Waals surface area contributed by atoms with Crippen LogP contribution in [0.2, 0.25) is 0 Å². The van der Waals surface area contributed by atoms with E-state index in [2.05, 4.69) is 5.10 Å². The minimum atomic E-state index is -0.254. The van der Waals surface area contributed by atoms with Gasteiger partial charge in [-0.05, 0) is 26.0 Å². The Morgan fingerprint density at radius 3 is 2.80 bits per heavy atom. The van der Waals surface area contributed by atoms with Gasteiger partial charge in [-0.25, -0.2) is 0 Å². The zero-order valence-corrected chi connectivity index (χ0v) is 11.8. The molecule has 0 saturated carbocycles. The molecular formula is C14H18N4O2. The monoisotopic (exact) mass is 274 g/mol. The number of nitrogen functional groups attached to an aromatic ring is 1. The molecule has 106 valence electrons. The van der Waals surface area contributed by atoms with Gasteiger partial charge in [0, 0.05) is 25.3 Å². The number of rotatable bonds is 3. The molecule has 20 heavy (non-hydrogen) atoms. The van der Waals surface area contributed by atoms with Gasteiger partial charge in [-0.1, -0.05) is 6.07 Å². The van der Waals surface area contributed by atoms with E-state index in [1.807, 2.05) is 6.92 Å². The van der Waals surface area contributed by atoms with Crippen LogP contribution in [0.5, 0.6) is 5.75 Å². The van der Waals surface area contributed by atoms with Crippen molar-refractivity contribution in [2.75, 3.05) is 17.7 Å². The summed E-state index contributed by atoms with van der Waals surface area (Å²) in [7, 11) is 1.64. The van der Waals surface area contributed by atoms with Crippen LogP contribution in [0, 0.1) is 6.92 Å². The predicted octanol–water partition coefficient (Wildman–Crippen LogP) is 1.78. The highest BCUT2D eigenvalue weighted by Crippen LogP contribution is 2.23. The predicted molar refractivity (Wildman–Crippen MR) is 77.9 cm³/mol. The summed E-state index contributed by atoms with van der Waals surface area (Å²) < 4.78 is 1.59. The van der Waals surface area contributed by atoms with Crippen molar-refractivity contribution < 1.29 is 9.90 Å². The van der Waals surface area contributed by atoms with Gasteiger partial charge in [-0.2, -0.15) is 5.10 Å². The summed E-state index contributed by atoms with van der Waals surface area (Å²) in [5.74, 6) is -0.147. The Bertz CT molecular complexity index is 649. The lowest BCUT2D eigenvalue weighted by Gasteiger charge is -2.18. The van der Waals surface area contributed by atoms with Gasteiger partial charge in [-0.15, -0.1) is 0 Å². The highest BCUT2D eigenvalue weighted by atomic mass is 16.3. The molecule has 0 radical (unpaired) electrons. The maximum Gasteiger partial charge on any atom is 0.278 e. The van der Waals surface area contributed by atoms with Crippen molar-refractivity contribution in [2.45, 2.75) is 20.4 Å². The minimum absolute atomic E-state index is 0.107. The van der Waals surface area contributed by atoms with E-state index >= 15 is 0 Å². The average Bonchev–Trinajstić information content (AvgIpc) is 2.72. The van der Waals surface area contributed by atoms with Crippen LogP contribution in [0.4, 0.5) is 11.4 Å². The summed E-state index contributed by atoms with van der Waals surface area (Å²) in [6.07, 6.45) is 0. The molecule has 6 nitrogen and oxygen atoms in total. The highest BCUT2D eigenvalue weighted by molar-refractivity contribution is 6.08. The van der Waals surface area contributed by atoms with Crippen molar-refractivity contribution in [3.63, 3.8) is 0 Å². The van der Waals surface area contributed by atoms with E-state index in [0.717, 1.165) is 0 Å². The molecule has 0 atom stereocenters. The molecule has 0 fully saturated rings. The summed E-state index contributed by atoms with van der Waals surface area (Å²) in [6, 6.07) is 6.50. The molecule has 0 spiro atoms. The van der Waals surface area contributed by atoms with Crippen LogP contribution in [0.1, 0.15) is 23.1 Å². The Hall–Kier alpha value is -2.50. The summed E-state index contributed by atoms with van der Waals surface area (Å²) >= 11 is 0. The smallest absolute Gasteiger partial charge is 0.278 e. The first-order valence-corrected chi connectivity index (χ1v) is 6.35. The van der Waals surface area contributed by atoms with Gasteiger partial charge < -0.3 is 15.7 Å². The topological polar surface area (TPSA) is 84.4 Å². The van der Waals surface area contributed by atoms with Gasteiger partial charge in [-0.3, -0.25) is 9.48 Å². The van der Waals surface area contributed by atoms with E-state index in [1.165, 1.54) is 11.0 Å². The zero-order valence-electron chi connectivity index (χ0n) is 11.8. The fourth-order valence-electron chi connectivity index (χ4n) is 2.03. The molecule has 0 unspecified atom stereocenters. The molecule has 1 aromatic carbocycles. The lowest BCUT2D eigenvalue weighted by Crippen LogP contribution is -2.29. The lowest BCUT2D eigenvalue weighted by molar-refractivity contribution is 0.0983. The number of phenols is 1. The first kappa shape index (κ1) is 13.9. The van der Waals surface area contributed by atoms with Crippen LogP contribution in [0.15, 0.2) is 24.3 Å². The number of hydrogen-bond acceptors (Lipinski definition) is 4. The molecule has 1 aromatic heterocycles. The van der Waals surface area contributed by atoms with Crippen LogP contribution in [-0.4, -0.2) is 27.8 Å². The van der Waals surface area contributed by atoms with Gasteiger partial charge in [0.2, 0.25) is 0 Å². The number of aryl methyl sites for hydroxylation is 2. The fourth-order valence-corrected chi connectivity index (χ4v) is 2.03. The van der Waals surface area contributed by atoms with Crippen molar-refractivity contribution in [3.8, 4) is 5.75 Å². The molecule has 1 amide bonds. The van der Waals surface area contributed by atoms with Gasteiger partial charge in [0.05, 0.1) is 11.4 Å². The second-order valence-corrected chi connectivity index (χ2v) is 4.55. The van der Waals surface area contributed by atoms with Crippen molar-refractivity contribution >= 4 is 17.3 Å². The maximum absolute atomic E-state index is 12.6. The Balaban J connectivity index is 2.41. The number of nitrogens with zero attached hydrogens (tertiary/aromatic N) is 3. The Kier molecular flexibility index (Phi) is 3.65. The molecular weight excluding hydrogens is 256 g/mol. The molecule has 2 rings (SSSR count). The number of carbonyl (C=O) groups is 1. The Morgan fingerprint density at radius 2 is 2.20 bits per heavy atom. The van der Waals surface area contributed by atoms with Crippen LogP contribution >= 0.6 is 0 Å². The first-order chi connectivity index (χ1) is 9.45. The number of hydrogen-bond donors (Lipinski definition) is 2. The molecule has 0 saturated heterocycles. The zero-order chi connectivity index (χ0) is 14.9. The number of benzene rings is 1. The van der Waals surface area contributed by atoms with E-state index in [4.69, 9.17) is 5.73 Å². The number of amides is 1. The van der Waals surface area contributed by atoms with Crippen molar-refractivity contribution in [2.24, 2.45) is 0 Å². The van der Waals surface area contributed by atoms with Gasteiger partial charge in [0.1, 0.15) is 11.4 Å². The summed E-state index contributed by atoms with van der Waals surface area (Å²) in [5, 5.41) is 13.7. The molecule has 2 aromatic rings. The van der Waals surface area contributed by atoms with Crippen LogP contribution in [0.3, 0.4) is 0 Å². The number of nitrogens with two attached hydrogens (primary N) is 1. The summed E-state index contributed by atoms with van der Waals surface area (Å²) in [5.41, 5.74) is 7.94. The van der Waals surface area contributed by atoms with Gasteiger partial charge in [0.15, 0.2) is 0 Å². The lowest BCUT2D eigenvalue weighted by atomic mass is 10.2. The normalized spacial score (nSPS) is 10.6. The molecule has 6 heteroatoms. The van der Waals surface area contributed by atoms with E-state index in [-0.39, 0.29) is 11.7 Å². The van der Waals surface area contributed by atoms with Crippen molar-refractivity contribution in [1.82, 2.24) is 9.78 Å². The van der Waals surface area contributed by atoms with E-state index < -0.39 is 0 Å². The molecule has 1 heterocycles. The molecule has 3 N–H and O–H groups in total. The fraction of sp³-hybridized carbons (Fsp3) is 0.286. The quantitative estimate of drug-likeness (QED) is 0.893. The standard InChI is InChI=1S/C14H18N4O2/c1-4-18-13(12(15)9(2)16-18)14(20)17(3)10-6-5-7-11(19)8-10/h5-8,19H,4,15H2,1-3H3. The Labute approximate surface area is 117 Å². The summed E-state index contributed by atoms with van der Waals surface area (Å²) in [6.45, 7) is 4.23. The SMILES string of the molecule is CCn1nc(C)c(N)c1C(=O)N(C)c1cccc(O)c1. The average molecular weight is 274 g/mol. The van der Waals surface area contributed by atoms with Crippen LogP contribution in [-0.2, 0) is 6.54 Å². The van der Waals surface area contributed by atoms with Gasteiger partial charge >= 0.3 is 0 Å². The third kappa shape index (κ3) is 2.32. The number of phenolic OH excluding ortho intramolecular Hbond substituents is 1. The van der Waals surface area contributed by atoms with Crippen molar-refractivity contribution in [3.05, 3.63) is 35.7 Å². The number of aromatic hydroxyl groups is 1. The van der Waals surface area contributed by atoms with Gasteiger partial charge in [0.25, 0.3) is 5.91 Å².